The molecule has 1 aliphatic rings. The van der Waals surface area contributed by atoms with E-state index in [9.17, 15) is 0 Å². The molecule has 0 amide bonds. The van der Waals surface area contributed by atoms with Gasteiger partial charge in [-0.05, 0) is 31.9 Å². The minimum Gasteiger partial charge on any atom is -0.378 e. The fraction of sp³-hybridized carbons (Fsp3) is 0.583. The van der Waals surface area contributed by atoms with E-state index in [1.807, 2.05) is 12.4 Å². The van der Waals surface area contributed by atoms with Gasteiger partial charge in [0.25, 0.3) is 0 Å². The minimum absolute atomic E-state index is 0.466. The van der Waals surface area contributed by atoms with Crippen LogP contribution in [-0.4, -0.2) is 30.8 Å². The van der Waals surface area contributed by atoms with E-state index in [4.69, 9.17) is 4.74 Å². The summed E-state index contributed by atoms with van der Waals surface area (Å²) in [6.45, 7) is 5.08. The summed E-state index contributed by atoms with van der Waals surface area (Å²) in [5.41, 5.74) is 1.28. The number of anilines is 1. The number of hydrogen-bond donors (Lipinski definition) is 0. The second kappa shape index (κ2) is 5.12. The molecule has 0 radical (unpaired) electrons. The first-order valence-corrected chi connectivity index (χ1v) is 5.66. The van der Waals surface area contributed by atoms with Crippen molar-refractivity contribution in [3.05, 3.63) is 24.5 Å². The third-order valence-corrected chi connectivity index (χ3v) is 2.87. The number of ether oxygens (including phenoxy) is 1. The fourth-order valence-corrected chi connectivity index (χ4v) is 2.07. The predicted molar refractivity (Wildman–Crippen MR) is 61.1 cm³/mol. The molecule has 3 heteroatoms. The number of aromatic nitrogens is 1. The molecule has 82 valence electrons. The van der Waals surface area contributed by atoms with Gasteiger partial charge in [-0.3, -0.25) is 4.98 Å². The van der Waals surface area contributed by atoms with E-state index in [1.165, 1.54) is 5.69 Å². The van der Waals surface area contributed by atoms with Gasteiger partial charge in [-0.25, -0.2) is 0 Å². The van der Waals surface area contributed by atoms with E-state index in [2.05, 4.69) is 28.9 Å². The summed E-state index contributed by atoms with van der Waals surface area (Å²) >= 11 is 0. The Morgan fingerprint density at radius 2 is 2.00 bits per heavy atom. The topological polar surface area (TPSA) is 25.4 Å². The number of piperidine rings is 1. The van der Waals surface area contributed by atoms with Crippen molar-refractivity contribution in [2.75, 3.05) is 24.6 Å². The van der Waals surface area contributed by atoms with Crippen LogP contribution in [0.4, 0.5) is 5.69 Å². The molecule has 2 heterocycles. The zero-order valence-corrected chi connectivity index (χ0v) is 9.22. The molecule has 0 bridgehead atoms. The van der Waals surface area contributed by atoms with Crippen LogP contribution in [0.5, 0.6) is 0 Å². The molecular formula is C12H18N2O. The van der Waals surface area contributed by atoms with Gasteiger partial charge in [0, 0.05) is 37.8 Å². The molecule has 0 aliphatic carbocycles. The second-order valence-corrected chi connectivity index (χ2v) is 3.85. The number of hydrogen-bond acceptors (Lipinski definition) is 3. The van der Waals surface area contributed by atoms with Crippen LogP contribution < -0.4 is 4.90 Å². The van der Waals surface area contributed by atoms with E-state index in [0.717, 1.165) is 32.5 Å². The van der Waals surface area contributed by atoms with Crippen molar-refractivity contribution in [3.8, 4) is 0 Å². The third kappa shape index (κ3) is 2.69. The number of nitrogens with zero attached hydrogens (tertiary/aromatic N) is 2. The molecule has 1 fully saturated rings. The van der Waals surface area contributed by atoms with Crippen molar-refractivity contribution in [3.63, 3.8) is 0 Å². The Morgan fingerprint density at radius 1 is 1.33 bits per heavy atom. The summed E-state index contributed by atoms with van der Waals surface area (Å²) in [7, 11) is 0. The molecule has 1 aliphatic heterocycles. The zero-order chi connectivity index (χ0) is 10.5. The van der Waals surface area contributed by atoms with Gasteiger partial charge in [-0.1, -0.05) is 0 Å². The van der Waals surface area contributed by atoms with Gasteiger partial charge in [-0.15, -0.1) is 0 Å². The maximum atomic E-state index is 5.63. The average molecular weight is 206 g/mol. The molecular weight excluding hydrogens is 188 g/mol. The smallest absolute Gasteiger partial charge is 0.0608 e. The largest absolute Gasteiger partial charge is 0.378 e. The Hall–Kier alpha value is -1.09. The van der Waals surface area contributed by atoms with Gasteiger partial charge in [0.05, 0.1) is 6.10 Å². The van der Waals surface area contributed by atoms with Crippen molar-refractivity contribution >= 4 is 5.69 Å². The van der Waals surface area contributed by atoms with Crippen LogP contribution in [0.15, 0.2) is 24.5 Å². The van der Waals surface area contributed by atoms with Gasteiger partial charge in [0.15, 0.2) is 0 Å². The normalized spacial score (nSPS) is 18.1. The summed E-state index contributed by atoms with van der Waals surface area (Å²) in [5, 5.41) is 0. The Kier molecular flexibility index (Phi) is 3.56. The van der Waals surface area contributed by atoms with Crippen molar-refractivity contribution in [2.24, 2.45) is 0 Å². The molecule has 0 aromatic carbocycles. The summed E-state index contributed by atoms with van der Waals surface area (Å²) in [6, 6.07) is 4.14. The Morgan fingerprint density at radius 3 is 2.60 bits per heavy atom. The fourth-order valence-electron chi connectivity index (χ4n) is 2.07. The van der Waals surface area contributed by atoms with Crippen LogP contribution in [0.1, 0.15) is 19.8 Å². The van der Waals surface area contributed by atoms with Crippen LogP contribution >= 0.6 is 0 Å². The van der Waals surface area contributed by atoms with E-state index in [0.29, 0.717) is 6.10 Å². The van der Waals surface area contributed by atoms with E-state index >= 15 is 0 Å². The van der Waals surface area contributed by atoms with Gasteiger partial charge in [0.2, 0.25) is 0 Å². The molecule has 1 saturated heterocycles. The maximum Gasteiger partial charge on any atom is 0.0608 e. The third-order valence-electron chi connectivity index (χ3n) is 2.87. The molecule has 1 aromatic rings. The van der Waals surface area contributed by atoms with Crippen LogP contribution in [0.25, 0.3) is 0 Å². The maximum absolute atomic E-state index is 5.63. The molecule has 0 spiro atoms. The Bertz CT molecular complexity index is 281. The second-order valence-electron chi connectivity index (χ2n) is 3.85. The van der Waals surface area contributed by atoms with Crippen molar-refractivity contribution in [1.82, 2.24) is 4.98 Å². The highest BCUT2D eigenvalue weighted by Gasteiger charge is 2.18. The van der Waals surface area contributed by atoms with Gasteiger partial charge in [0.1, 0.15) is 0 Å². The SMILES string of the molecule is CCOC1CCN(c2ccncc2)CC1. The predicted octanol–water partition coefficient (Wildman–Crippen LogP) is 2.09. The summed E-state index contributed by atoms with van der Waals surface area (Å²) in [4.78, 5) is 6.43. The molecule has 0 saturated carbocycles. The molecule has 0 atom stereocenters. The monoisotopic (exact) mass is 206 g/mol. The lowest BCUT2D eigenvalue weighted by atomic mass is 10.1. The Balaban J connectivity index is 1.88. The molecule has 2 rings (SSSR count). The van der Waals surface area contributed by atoms with Crippen LogP contribution in [0.3, 0.4) is 0 Å². The quantitative estimate of drug-likeness (QED) is 0.757. The van der Waals surface area contributed by atoms with Gasteiger partial charge >= 0.3 is 0 Å². The van der Waals surface area contributed by atoms with E-state index in [-0.39, 0.29) is 0 Å². The van der Waals surface area contributed by atoms with Crippen LogP contribution in [-0.2, 0) is 4.74 Å². The lowest BCUT2D eigenvalue weighted by molar-refractivity contribution is 0.0459. The first-order chi connectivity index (χ1) is 7.40. The van der Waals surface area contributed by atoms with Crippen molar-refractivity contribution < 1.29 is 4.74 Å². The minimum atomic E-state index is 0.466. The van der Waals surface area contributed by atoms with E-state index in [1.54, 1.807) is 0 Å². The summed E-state index contributed by atoms with van der Waals surface area (Å²) in [5.74, 6) is 0. The highest BCUT2D eigenvalue weighted by molar-refractivity contribution is 5.44. The van der Waals surface area contributed by atoms with E-state index < -0.39 is 0 Å². The molecule has 3 nitrogen and oxygen atoms in total. The zero-order valence-electron chi connectivity index (χ0n) is 9.22. The van der Waals surface area contributed by atoms with Crippen LogP contribution in [0.2, 0.25) is 0 Å². The lowest BCUT2D eigenvalue weighted by Gasteiger charge is -2.33. The average Bonchev–Trinajstić information content (AvgIpc) is 2.32. The summed E-state index contributed by atoms with van der Waals surface area (Å²) in [6.07, 6.45) is 6.44. The highest BCUT2D eigenvalue weighted by Crippen LogP contribution is 2.20. The van der Waals surface area contributed by atoms with Gasteiger partial charge < -0.3 is 9.64 Å². The molecule has 1 aromatic heterocycles. The molecule has 0 unspecified atom stereocenters. The Labute approximate surface area is 91.1 Å². The highest BCUT2D eigenvalue weighted by atomic mass is 16.5. The first-order valence-electron chi connectivity index (χ1n) is 5.66. The van der Waals surface area contributed by atoms with Gasteiger partial charge in [-0.2, -0.15) is 0 Å². The molecule has 15 heavy (non-hydrogen) atoms. The first kappa shape index (κ1) is 10.4. The summed E-state index contributed by atoms with van der Waals surface area (Å²) < 4.78 is 5.63. The lowest BCUT2D eigenvalue weighted by Crippen LogP contribution is -2.37. The van der Waals surface area contributed by atoms with Crippen LogP contribution in [0, 0.1) is 0 Å². The van der Waals surface area contributed by atoms with Crippen molar-refractivity contribution in [2.45, 2.75) is 25.9 Å². The number of pyridine rings is 1. The van der Waals surface area contributed by atoms with Crippen molar-refractivity contribution in [1.29, 1.82) is 0 Å². The standard InChI is InChI=1S/C12H18N2O/c1-2-15-12-5-9-14(10-6-12)11-3-7-13-8-4-11/h3-4,7-8,12H,2,5-6,9-10H2,1H3. The number of rotatable bonds is 3. The molecule has 0 N–H and O–H groups in total.